The van der Waals surface area contributed by atoms with E-state index in [2.05, 4.69) is 5.32 Å². The van der Waals surface area contributed by atoms with Crippen molar-refractivity contribution in [3.05, 3.63) is 90.0 Å². The van der Waals surface area contributed by atoms with Crippen molar-refractivity contribution in [2.75, 3.05) is 18.0 Å². The Morgan fingerprint density at radius 1 is 0.969 bits per heavy atom. The van der Waals surface area contributed by atoms with Gasteiger partial charge in [-0.2, -0.15) is 0 Å². The Morgan fingerprint density at radius 2 is 1.59 bits per heavy atom. The van der Waals surface area contributed by atoms with E-state index in [0.29, 0.717) is 11.4 Å². The number of sulfonamides is 1. The maximum absolute atomic E-state index is 13.4. The second-order valence-electron chi connectivity index (χ2n) is 7.54. The maximum atomic E-state index is 13.4. The third kappa shape index (κ3) is 5.68. The average Bonchev–Trinajstić information content (AvgIpc) is 2.80. The predicted molar refractivity (Wildman–Crippen MR) is 126 cm³/mol. The molecule has 0 aliphatic rings. The standard InChI is InChI=1S/C25H28N2O4S/c1-19-9-15-24(16-10-19)32(29,30)27(22-11-13-23(31-3)14-12-22)18-17-25(28)26-20(2)21-7-5-4-6-8-21/h4-16,20H,17-18H2,1-3H3,(H,26,28)/t20-/m1/s1. The molecule has 1 atom stereocenters. The molecule has 0 bridgehead atoms. The summed E-state index contributed by atoms with van der Waals surface area (Å²) in [5, 5.41) is 2.94. The second-order valence-corrected chi connectivity index (χ2v) is 9.40. The smallest absolute Gasteiger partial charge is 0.264 e. The number of nitrogens with one attached hydrogen (secondary N) is 1. The Morgan fingerprint density at radius 3 is 2.19 bits per heavy atom. The Bertz CT molecular complexity index is 1130. The molecule has 0 saturated heterocycles. The number of carbonyl (C=O) groups is 1. The monoisotopic (exact) mass is 452 g/mol. The van der Waals surface area contributed by atoms with E-state index in [0.717, 1.165) is 11.1 Å². The van der Waals surface area contributed by atoms with Gasteiger partial charge in [-0.05, 0) is 55.8 Å². The van der Waals surface area contributed by atoms with Crippen LogP contribution in [0.2, 0.25) is 0 Å². The molecule has 0 saturated carbocycles. The van der Waals surface area contributed by atoms with Gasteiger partial charge in [0, 0.05) is 13.0 Å². The van der Waals surface area contributed by atoms with Crippen LogP contribution in [0.3, 0.4) is 0 Å². The van der Waals surface area contributed by atoms with E-state index in [1.165, 1.54) is 4.31 Å². The van der Waals surface area contributed by atoms with E-state index in [1.54, 1.807) is 55.6 Å². The van der Waals surface area contributed by atoms with Crippen LogP contribution < -0.4 is 14.4 Å². The molecule has 6 nitrogen and oxygen atoms in total. The summed E-state index contributed by atoms with van der Waals surface area (Å²) in [4.78, 5) is 12.8. The zero-order valence-corrected chi connectivity index (χ0v) is 19.3. The number of anilines is 1. The first kappa shape index (κ1) is 23.3. The highest BCUT2D eigenvalue weighted by Crippen LogP contribution is 2.26. The highest BCUT2D eigenvalue weighted by atomic mass is 32.2. The Balaban J connectivity index is 1.80. The zero-order chi connectivity index (χ0) is 23.1. The lowest BCUT2D eigenvalue weighted by Gasteiger charge is -2.25. The summed E-state index contributed by atoms with van der Waals surface area (Å²) >= 11 is 0. The molecule has 7 heteroatoms. The van der Waals surface area contributed by atoms with Gasteiger partial charge in [0.2, 0.25) is 5.91 Å². The Hall–Kier alpha value is -3.32. The summed E-state index contributed by atoms with van der Waals surface area (Å²) in [6, 6.07) is 22.9. The third-order valence-electron chi connectivity index (χ3n) is 5.19. The van der Waals surface area contributed by atoms with Gasteiger partial charge in [-0.1, -0.05) is 48.0 Å². The molecule has 3 aromatic carbocycles. The molecule has 0 spiro atoms. The van der Waals surface area contributed by atoms with Gasteiger partial charge in [-0.15, -0.1) is 0 Å². The Labute approximate surface area is 189 Å². The largest absolute Gasteiger partial charge is 0.497 e. The van der Waals surface area contributed by atoms with Crippen LogP contribution in [-0.4, -0.2) is 28.0 Å². The zero-order valence-electron chi connectivity index (χ0n) is 18.5. The molecule has 168 valence electrons. The van der Waals surface area contributed by atoms with Crippen LogP contribution >= 0.6 is 0 Å². The molecular formula is C25H28N2O4S. The van der Waals surface area contributed by atoms with Crippen molar-refractivity contribution in [2.24, 2.45) is 0 Å². The highest BCUT2D eigenvalue weighted by Gasteiger charge is 2.26. The molecule has 0 unspecified atom stereocenters. The van der Waals surface area contributed by atoms with Crippen molar-refractivity contribution in [1.29, 1.82) is 0 Å². The third-order valence-corrected chi connectivity index (χ3v) is 7.03. The van der Waals surface area contributed by atoms with Crippen molar-refractivity contribution in [1.82, 2.24) is 5.32 Å². The van der Waals surface area contributed by atoms with E-state index in [-0.39, 0.29) is 29.8 Å². The van der Waals surface area contributed by atoms with Crippen molar-refractivity contribution in [3.63, 3.8) is 0 Å². The van der Waals surface area contributed by atoms with Crippen molar-refractivity contribution < 1.29 is 17.9 Å². The fraction of sp³-hybridized carbons (Fsp3) is 0.240. The first-order valence-corrected chi connectivity index (χ1v) is 11.8. The van der Waals surface area contributed by atoms with E-state index >= 15 is 0 Å². The highest BCUT2D eigenvalue weighted by molar-refractivity contribution is 7.92. The molecule has 32 heavy (non-hydrogen) atoms. The predicted octanol–water partition coefficient (Wildman–Crippen LogP) is 4.47. The van der Waals surface area contributed by atoms with Gasteiger partial charge in [0.05, 0.1) is 23.7 Å². The Kier molecular flexibility index (Phi) is 7.53. The summed E-state index contributed by atoms with van der Waals surface area (Å²) in [5.41, 5.74) is 2.42. The quantitative estimate of drug-likeness (QED) is 0.520. The number of nitrogens with zero attached hydrogens (tertiary/aromatic N) is 1. The molecule has 0 heterocycles. The fourth-order valence-corrected chi connectivity index (χ4v) is 4.78. The van der Waals surface area contributed by atoms with E-state index in [9.17, 15) is 13.2 Å². The number of hydrogen-bond acceptors (Lipinski definition) is 4. The number of benzene rings is 3. The summed E-state index contributed by atoms with van der Waals surface area (Å²) in [6.07, 6.45) is 0.0221. The van der Waals surface area contributed by atoms with Gasteiger partial charge < -0.3 is 10.1 Å². The van der Waals surface area contributed by atoms with Crippen LogP contribution in [0.4, 0.5) is 5.69 Å². The van der Waals surface area contributed by atoms with Crippen LogP contribution in [0.25, 0.3) is 0 Å². The second kappa shape index (κ2) is 10.3. The fourth-order valence-electron chi connectivity index (χ4n) is 3.32. The molecule has 0 aromatic heterocycles. The van der Waals surface area contributed by atoms with Crippen molar-refractivity contribution in [3.8, 4) is 5.75 Å². The number of methoxy groups -OCH3 is 1. The topological polar surface area (TPSA) is 75.7 Å². The summed E-state index contributed by atoms with van der Waals surface area (Å²) < 4.78 is 33.3. The first-order valence-electron chi connectivity index (χ1n) is 10.4. The van der Waals surface area contributed by atoms with Gasteiger partial charge in [-0.25, -0.2) is 8.42 Å². The molecule has 3 aromatic rings. The lowest BCUT2D eigenvalue weighted by molar-refractivity contribution is -0.121. The van der Waals surface area contributed by atoms with Crippen LogP contribution in [0, 0.1) is 6.92 Å². The van der Waals surface area contributed by atoms with Crippen LogP contribution in [0.15, 0.2) is 83.8 Å². The SMILES string of the molecule is COc1ccc(N(CCC(=O)N[C@H](C)c2ccccc2)S(=O)(=O)c2ccc(C)cc2)cc1. The molecule has 0 fully saturated rings. The number of carbonyl (C=O) groups excluding carboxylic acids is 1. The minimum Gasteiger partial charge on any atom is -0.497 e. The van der Waals surface area contributed by atoms with Crippen molar-refractivity contribution in [2.45, 2.75) is 31.2 Å². The van der Waals surface area contributed by atoms with Gasteiger partial charge in [-0.3, -0.25) is 9.10 Å². The number of rotatable bonds is 9. The molecule has 0 aliphatic carbocycles. The minimum absolute atomic E-state index is 0.00980. The van der Waals surface area contributed by atoms with Crippen LogP contribution in [0.1, 0.15) is 30.5 Å². The van der Waals surface area contributed by atoms with Crippen molar-refractivity contribution >= 4 is 21.6 Å². The molecule has 0 aliphatic heterocycles. The molecule has 1 N–H and O–H groups in total. The maximum Gasteiger partial charge on any atom is 0.264 e. The average molecular weight is 453 g/mol. The van der Waals surface area contributed by atoms with Gasteiger partial charge in [0.1, 0.15) is 5.75 Å². The lowest BCUT2D eigenvalue weighted by Crippen LogP contribution is -2.36. The lowest BCUT2D eigenvalue weighted by atomic mass is 10.1. The number of aryl methyl sites for hydroxylation is 1. The number of amides is 1. The van der Waals surface area contributed by atoms with Gasteiger partial charge in [0.25, 0.3) is 10.0 Å². The summed E-state index contributed by atoms with van der Waals surface area (Å²) in [5.74, 6) is 0.398. The van der Waals surface area contributed by atoms with E-state index in [1.807, 2.05) is 44.2 Å². The van der Waals surface area contributed by atoms with E-state index in [4.69, 9.17) is 4.74 Å². The molecule has 3 rings (SSSR count). The number of hydrogen-bond donors (Lipinski definition) is 1. The van der Waals surface area contributed by atoms with Crippen LogP contribution in [0.5, 0.6) is 5.75 Å². The normalized spacial score (nSPS) is 12.1. The molecule has 1 amide bonds. The molecular weight excluding hydrogens is 424 g/mol. The summed E-state index contributed by atoms with van der Waals surface area (Å²) in [7, 11) is -2.30. The first-order chi connectivity index (χ1) is 15.3. The van der Waals surface area contributed by atoms with Crippen LogP contribution in [-0.2, 0) is 14.8 Å². The molecule has 0 radical (unpaired) electrons. The number of ether oxygens (including phenoxy) is 1. The minimum atomic E-state index is -3.85. The van der Waals surface area contributed by atoms with Gasteiger partial charge in [0.15, 0.2) is 0 Å². The summed E-state index contributed by atoms with van der Waals surface area (Å²) in [6.45, 7) is 3.81. The van der Waals surface area contributed by atoms with E-state index < -0.39 is 10.0 Å². The van der Waals surface area contributed by atoms with Gasteiger partial charge >= 0.3 is 0 Å².